The Kier molecular flexibility index (Phi) is 3.42. The molecule has 0 spiro atoms. The molecule has 0 aliphatic carbocycles. The summed E-state index contributed by atoms with van der Waals surface area (Å²) in [6.45, 7) is 0. The summed E-state index contributed by atoms with van der Waals surface area (Å²) < 4.78 is 2.08. The highest BCUT2D eigenvalue weighted by Crippen LogP contribution is 2.32. The molecule has 7 heteroatoms. The minimum Gasteiger partial charge on any atom is -0.374 e. The number of hydrogen-bond acceptors (Lipinski definition) is 6. The molecule has 0 aliphatic rings. The molecule has 3 nitrogen and oxygen atoms in total. The van der Waals surface area contributed by atoms with Gasteiger partial charge >= 0.3 is 0 Å². The Morgan fingerprint density at radius 1 is 1.50 bits per heavy atom. The van der Waals surface area contributed by atoms with Crippen LogP contribution in [0.4, 0.5) is 5.13 Å². The lowest BCUT2D eigenvalue weighted by atomic mass is 10.5. The van der Waals surface area contributed by atoms with Crippen molar-refractivity contribution in [2.45, 2.75) is 10.1 Å². The van der Waals surface area contributed by atoms with Gasteiger partial charge in [0.25, 0.3) is 0 Å². The predicted octanol–water partition coefficient (Wildman–Crippen LogP) is 3.24. The van der Waals surface area contributed by atoms with Gasteiger partial charge in [-0.3, -0.25) is 0 Å². The zero-order valence-electron chi connectivity index (χ0n) is 6.94. The highest BCUT2D eigenvalue weighted by atomic mass is 79.9. The van der Waals surface area contributed by atoms with Gasteiger partial charge in [0, 0.05) is 15.1 Å². The lowest BCUT2D eigenvalue weighted by Crippen LogP contribution is -1.80. The Balaban J connectivity index is 1.98. The topological polar surface area (TPSA) is 51.8 Å². The van der Waals surface area contributed by atoms with Crippen LogP contribution in [-0.2, 0) is 5.75 Å². The largest absolute Gasteiger partial charge is 0.374 e. The standard InChI is InChI=1S/C7H6BrN3S3/c8-4-1-2-12-5(4)3-13-7-11-10-6(9)14-7/h1-2H,3H2,(H2,9,10). The summed E-state index contributed by atoms with van der Waals surface area (Å²) in [5.74, 6) is 0.910. The van der Waals surface area contributed by atoms with Crippen LogP contribution in [-0.4, -0.2) is 10.2 Å². The molecule has 0 amide bonds. The highest BCUT2D eigenvalue weighted by molar-refractivity contribution is 9.10. The summed E-state index contributed by atoms with van der Waals surface area (Å²) in [6, 6.07) is 2.05. The van der Waals surface area contributed by atoms with Crippen molar-refractivity contribution >= 4 is 55.5 Å². The van der Waals surface area contributed by atoms with E-state index < -0.39 is 0 Å². The van der Waals surface area contributed by atoms with Crippen LogP contribution in [0.5, 0.6) is 0 Å². The molecule has 0 saturated heterocycles. The molecule has 74 valence electrons. The Morgan fingerprint density at radius 3 is 2.93 bits per heavy atom. The first-order chi connectivity index (χ1) is 6.75. The third-order valence-electron chi connectivity index (χ3n) is 1.44. The van der Waals surface area contributed by atoms with Crippen molar-refractivity contribution < 1.29 is 0 Å². The molecule has 2 N–H and O–H groups in total. The van der Waals surface area contributed by atoms with Gasteiger partial charge in [-0.15, -0.1) is 21.5 Å². The van der Waals surface area contributed by atoms with E-state index in [0.717, 1.165) is 14.6 Å². The van der Waals surface area contributed by atoms with Crippen molar-refractivity contribution in [3.8, 4) is 0 Å². The number of anilines is 1. The van der Waals surface area contributed by atoms with Gasteiger partial charge in [-0.1, -0.05) is 23.1 Å². The van der Waals surface area contributed by atoms with E-state index in [1.165, 1.54) is 16.2 Å². The second-order valence-electron chi connectivity index (χ2n) is 2.39. The van der Waals surface area contributed by atoms with Gasteiger partial charge in [-0.25, -0.2) is 0 Å². The van der Waals surface area contributed by atoms with E-state index in [2.05, 4.69) is 37.6 Å². The summed E-state index contributed by atoms with van der Waals surface area (Å²) in [6.07, 6.45) is 0. The molecule has 0 bridgehead atoms. The maximum absolute atomic E-state index is 5.48. The van der Waals surface area contributed by atoms with E-state index in [1.54, 1.807) is 23.1 Å². The lowest BCUT2D eigenvalue weighted by molar-refractivity contribution is 1.02. The Morgan fingerprint density at radius 2 is 2.36 bits per heavy atom. The zero-order valence-corrected chi connectivity index (χ0v) is 11.0. The Hall–Kier alpha value is -0.110. The molecule has 0 aliphatic heterocycles. The summed E-state index contributed by atoms with van der Waals surface area (Å²) in [5.41, 5.74) is 5.48. The average Bonchev–Trinajstić information content (AvgIpc) is 2.72. The summed E-state index contributed by atoms with van der Waals surface area (Å²) in [7, 11) is 0. The average molecular weight is 308 g/mol. The molecule has 2 aromatic heterocycles. The van der Waals surface area contributed by atoms with Crippen LogP contribution in [0.1, 0.15) is 4.88 Å². The van der Waals surface area contributed by atoms with Gasteiger partial charge in [0.15, 0.2) is 4.34 Å². The predicted molar refractivity (Wildman–Crippen MR) is 65.9 cm³/mol. The van der Waals surface area contributed by atoms with Crippen molar-refractivity contribution in [2.24, 2.45) is 0 Å². The van der Waals surface area contributed by atoms with E-state index in [1.807, 2.05) is 0 Å². The normalized spacial score (nSPS) is 10.6. The van der Waals surface area contributed by atoms with Gasteiger partial charge in [0.2, 0.25) is 5.13 Å². The maximum Gasteiger partial charge on any atom is 0.203 e. The van der Waals surface area contributed by atoms with Crippen molar-refractivity contribution in [3.05, 3.63) is 20.8 Å². The van der Waals surface area contributed by atoms with E-state index in [0.29, 0.717) is 5.13 Å². The fourth-order valence-corrected chi connectivity index (χ4v) is 4.26. The van der Waals surface area contributed by atoms with E-state index in [4.69, 9.17) is 5.73 Å². The molecule has 14 heavy (non-hydrogen) atoms. The van der Waals surface area contributed by atoms with E-state index >= 15 is 0 Å². The van der Waals surface area contributed by atoms with Crippen LogP contribution >= 0.6 is 50.4 Å². The quantitative estimate of drug-likeness (QED) is 0.885. The van der Waals surface area contributed by atoms with Gasteiger partial charge in [0.05, 0.1) is 0 Å². The summed E-state index contributed by atoms with van der Waals surface area (Å²) in [5, 5.41) is 10.3. The molecule has 0 radical (unpaired) electrons. The molecule has 0 unspecified atom stereocenters. The van der Waals surface area contributed by atoms with Crippen LogP contribution < -0.4 is 5.73 Å². The number of halogens is 1. The fraction of sp³-hybridized carbons (Fsp3) is 0.143. The fourth-order valence-electron chi connectivity index (χ4n) is 0.834. The number of thioether (sulfide) groups is 1. The van der Waals surface area contributed by atoms with Gasteiger partial charge in [0.1, 0.15) is 0 Å². The van der Waals surface area contributed by atoms with Crippen molar-refractivity contribution in [1.82, 2.24) is 10.2 Å². The van der Waals surface area contributed by atoms with Crippen LogP contribution in [0.3, 0.4) is 0 Å². The Bertz CT molecular complexity index is 425. The molecule has 2 rings (SSSR count). The first kappa shape index (κ1) is 10.4. The van der Waals surface area contributed by atoms with Crippen molar-refractivity contribution in [1.29, 1.82) is 0 Å². The SMILES string of the molecule is Nc1nnc(SCc2sccc2Br)s1. The monoisotopic (exact) mass is 307 g/mol. The van der Waals surface area contributed by atoms with Crippen LogP contribution in [0, 0.1) is 0 Å². The molecule has 0 atom stereocenters. The van der Waals surface area contributed by atoms with E-state index in [9.17, 15) is 0 Å². The second-order valence-corrected chi connectivity index (χ2v) is 6.47. The molecule has 2 aromatic rings. The van der Waals surface area contributed by atoms with Gasteiger partial charge in [-0.2, -0.15) is 0 Å². The van der Waals surface area contributed by atoms with E-state index in [-0.39, 0.29) is 0 Å². The molecule has 2 heterocycles. The summed E-state index contributed by atoms with van der Waals surface area (Å²) in [4.78, 5) is 1.31. The Labute approximate surface area is 102 Å². The van der Waals surface area contributed by atoms with Gasteiger partial charge < -0.3 is 5.73 Å². The molecule has 0 saturated carbocycles. The van der Waals surface area contributed by atoms with Crippen molar-refractivity contribution in [2.75, 3.05) is 5.73 Å². The van der Waals surface area contributed by atoms with Gasteiger partial charge in [-0.05, 0) is 27.4 Å². The minimum atomic E-state index is 0.526. The molecular formula is C7H6BrN3S3. The third-order valence-corrected chi connectivity index (χ3v) is 5.46. The number of rotatable bonds is 3. The van der Waals surface area contributed by atoms with Crippen LogP contribution in [0.2, 0.25) is 0 Å². The number of hydrogen-bond donors (Lipinski definition) is 1. The smallest absolute Gasteiger partial charge is 0.203 e. The first-order valence-corrected chi connectivity index (χ1v) is 7.17. The number of nitrogens with zero attached hydrogens (tertiary/aromatic N) is 2. The molecule has 0 aromatic carbocycles. The lowest BCUT2D eigenvalue weighted by Gasteiger charge is -1.94. The number of thiophene rings is 1. The molecular weight excluding hydrogens is 302 g/mol. The molecule has 0 fully saturated rings. The highest BCUT2D eigenvalue weighted by Gasteiger charge is 2.05. The number of aromatic nitrogens is 2. The van der Waals surface area contributed by atoms with Crippen LogP contribution in [0.15, 0.2) is 20.3 Å². The third kappa shape index (κ3) is 2.47. The number of nitrogens with two attached hydrogens (primary N) is 1. The first-order valence-electron chi connectivity index (χ1n) is 3.69. The zero-order chi connectivity index (χ0) is 9.97. The van der Waals surface area contributed by atoms with Crippen molar-refractivity contribution in [3.63, 3.8) is 0 Å². The van der Waals surface area contributed by atoms with Crippen LogP contribution in [0.25, 0.3) is 0 Å². The second kappa shape index (κ2) is 4.61. The number of nitrogen functional groups attached to an aromatic ring is 1. The maximum atomic E-state index is 5.48. The minimum absolute atomic E-state index is 0.526. The summed E-state index contributed by atoms with van der Waals surface area (Å²) >= 11 is 8.30.